The third kappa shape index (κ3) is 2.67. The number of hydrogen-bond acceptors (Lipinski definition) is 6. The number of nitrogens with one attached hydrogen (secondary N) is 1. The number of amides is 1. The van der Waals surface area contributed by atoms with Crippen molar-refractivity contribution in [3.05, 3.63) is 42.0 Å². The van der Waals surface area contributed by atoms with Crippen LogP contribution in [-0.4, -0.2) is 23.9 Å². The van der Waals surface area contributed by atoms with Crippen molar-refractivity contribution in [1.82, 2.24) is 0 Å². The maximum Gasteiger partial charge on any atom is 0.343 e. The van der Waals surface area contributed by atoms with Gasteiger partial charge in [0.1, 0.15) is 5.75 Å². The van der Waals surface area contributed by atoms with Crippen LogP contribution in [0.5, 0.6) is 17.2 Å². The van der Waals surface area contributed by atoms with E-state index in [0.29, 0.717) is 28.5 Å². The SMILES string of the molecule is CC1Sc2ccc(C(=O)Oc3ccc4c(c3)OCO4)cc2NC1=O. The number of benzene rings is 2. The van der Waals surface area contributed by atoms with Crippen molar-refractivity contribution in [1.29, 1.82) is 0 Å². The summed E-state index contributed by atoms with van der Waals surface area (Å²) in [6, 6.07) is 10.1. The number of anilines is 1. The molecule has 7 heteroatoms. The molecule has 0 fully saturated rings. The van der Waals surface area contributed by atoms with E-state index in [9.17, 15) is 9.59 Å². The van der Waals surface area contributed by atoms with Crippen LogP contribution in [0.4, 0.5) is 5.69 Å². The number of hydrogen-bond donors (Lipinski definition) is 1. The van der Waals surface area contributed by atoms with Crippen LogP contribution < -0.4 is 19.5 Å². The van der Waals surface area contributed by atoms with E-state index in [1.807, 2.05) is 13.0 Å². The molecule has 2 heterocycles. The summed E-state index contributed by atoms with van der Waals surface area (Å²) < 4.78 is 15.8. The molecule has 4 rings (SSSR count). The van der Waals surface area contributed by atoms with E-state index in [0.717, 1.165) is 4.90 Å². The first-order valence-corrected chi connectivity index (χ1v) is 8.21. The van der Waals surface area contributed by atoms with Crippen LogP contribution in [-0.2, 0) is 4.79 Å². The standard InChI is InChI=1S/C17H13NO5S/c1-9-16(19)18-12-6-10(2-5-15(12)24-9)17(20)23-11-3-4-13-14(7-11)22-8-21-13/h2-7,9H,8H2,1H3,(H,18,19). The van der Waals surface area contributed by atoms with Crippen LogP contribution in [0, 0.1) is 0 Å². The fourth-order valence-electron chi connectivity index (χ4n) is 2.44. The molecule has 1 unspecified atom stereocenters. The van der Waals surface area contributed by atoms with E-state index < -0.39 is 5.97 Å². The maximum absolute atomic E-state index is 12.3. The highest BCUT2D eigenvalue weighted by Gasteiger charge is 2.24. The van der Waals surface area contributed by atoms with Gasteiger partial charge in [0.15, 0.2) is 11.5 Å². The molecule has 2 aliphatic heterocycles. The third-order valence-electron chi connectivity index (χ3n) is 3.70. The van der Waals surface area contributed by atoms with Crippen LogP contribution in [0.25, 0.3) is 0 Å². The van der Waals surface area contributed by atoms with Crippen molar-refractivity contribution in [3.63, 3.8) is 0 Å². The Balaban J connectivity index is 1.55. The Morgan fingerprint density at radius 1 is 1.21 bits per heavy atom. The lowest BCUT2D eigenvalue weighted by atomic mass is 10.2. The maximum atomic E-state index is 12.3. The van der Waals surface area contributed by atoms with Gasteiger partial charge in [-0.15, -0.1) is 11.8 Å². The number of esters is 1. The van der Waals surface area contributed by atoms with E-state index in [1.165, 1.54) is 11.8 Å². The summed E-state index contributed by atoms with van der Waals surface area (Å²) in [5.74, 6) is 0.957. The molecule has 2 aliphatic rings. The first-order valence-electron chi connectivity index (χ1n) is 7.33. The van der Waals surface area contributed by atoms with Gasteiger partial charge < -0.3 is 19.5 Å². The number of rotatable bonds is 2. The highest BCUT2D eigenvalue weighted by atomic mass is 32.2. The zero-order valence-electron chi connectivity index (χ0n) is 12.7. The molecule has 0 bridgehead atoms. The zero-order valence-corrected chi connectivity index (χ0v) is 13.5. The fourth-order valence-corrected chi connectivity index (χ4v) is 3.37. The Labute approximate surface area is 142 Å². The molecule has 1 amide bonds. The van der Waals surface area contributed by atoms with Gasteiger partial charge in [0.2, 0.25) is 12.7 Å². The van der Waals surface area contributed by atoms with Gasteiger partial charge in [-0.3, -0.25) is 4.79 Å². The Hall–Kier alpha value is -2.67. The van der Waals surface area contributed by atoms with E-state index in [-0.39, 0.29) is 18.0 Å². The molecule has 0 saturated heterocycles. The number of ether oxygens (including phenoxy) is 3. The molecule has 2 aromatic carbocycles. The highest BCUT2D eigenvalue weighted by molar-refractivity contribution is 8.00. The molecule has 24 heavy (non-hydrogen) atoms. The topological polar surface area (TPSA) is 73.9 Å². The Bertz CT molecular complexity index is 851. The van der Waals surface area contributed by atoms with Gasteiger partial charge in [-0.1, -0.05) is 0 Å². The van der Waals surface area contributed by atoms with Gasteiger partial charge in [-0.2, -0.15) is 0 Å². The summed E-state index contributed by atoms with van der Waals surface area (Å²) in [6.45, 7) is 2.00. The third-order valence-corrected chi connectivity index (χ3v) is 4.88. The lowest BCUT2D eigenvalue weighted by Crippen LogP contribution is -2.26. The predicted octanol–water partition coefficient (Wildman–Crippen LogP) is 3.07. The van der Waals surface area contributed by atoms with Crippen molar-refractivity contribution in [2.75, 3.05) is 12.1 Å². The van der Waals surface area contributed by atoms with Crippen molar-refractivity contribution in [2.24, 2.45) is 0 Å². The van der Waals surface area contributed by atoms with Crippen molar-refractivity contribution >= 4 is 29.3 Å². The van der Waals surface area contributed by atoms with E-state index in [4.69, 9.17) is 14.2 Å². The second-order valence-electron chi connectivity index (χ2n) is 5.36. The highest BCUT2D eigenvalue weighted by Crippen LogP contribution is 2.37. The lowest BCUT2D eigenvalue weighted by molar-refractivity contribution is -0.115. The largest absolute Gasteiger partial charge is 0.454 e. The van der Waals surface area contributed by atoms with Crippen LogP contribution in [0.3, 0.4) is 0 Å². The first kappa shape index (κ1) is 14.9. The van der Waals surface area contributed by atoms with Crippen molar-refractivity contribution in [3.8, 4) is 17.2 Å². The van der Waals surface area contributed by atoms with Gasteiger partial charge in [0.25, 0.3) is 0 Å². The van der Waals surface area contributed by atoms with Gasteiger partial charge in [0.05, 0.1) is 16.5 Å². The smallest absolute Gasteiger partial charge is 0.343 e. The first-order chi connectivity index (χ1) is 11.6. The molecule has 0 aromatic heterocycles. The average molecular weight is 343 g/mol. The average Bonchev–Trinajstić information content (AvgIpc) is 3.03. The minimum Gasteiger partial charge on any atom is -0.454 e. The molecule has 0 aliphatic carbocycles. The Kier molecular flexibility index (Phi) is 3.57. The molecular weight excluding hydrogens is 330 g/mol. The molecule has 0 radical (unpaired) electrons. The summed E-state index contributed by atoms with van der Waals surface area (Å²) in [7, 11) is 0. The van der Waals surface area contributed by atoms with Crippen LogP contribution in [0.1, 0.15) is 17.3 Å². The molecule has 2 aromatic rings. The second kappa shape index (κ2) is 5.76. The van der Waals surface area contributed by atoms with E-state index in [1.54, 1.807) is 30.3 Å². The Morgan fingerprint density at radius 2 is 2.04 bits per heavy atom. The Morgan fingerprint density at radius 3 is 2.92 bits per heavy atom. The van der Waals surface area contributed by atoms with E-state index >= 15 is 0 Å². The number of thioether (sulfide) groups is 1. The van der Waals surface area contributed by atoms with Crippen LogP contribution in [0.15, 0.2) is 41.3 Å². The molecule has 122 valence electrons. The van der Waals surface area contributed by atoms with Gasteiger partial charge >= 0.3 is 5.97 Å². The zero-order chi connectivity index (χ0) is 16.7. The monoisotopic (exact) mass is 343 g/mol. The molecule has 6 nitrogen and oxygen atoms in total. The van der Waals surface area contributed by atoms with Gasteiger partial charge in [-0.25, -0.2) is 4.79 Å². The predicted molar refractivity (Wildman–Crippen MR) is 87.9 cm³/mol. The number of carbonyl (C=O) groups is 2. The minimum atomic E-state index is -0.505. The molecular formula is C17H13NO5S. The molecule has 0 saturated carbocycles. The summed E-state index contributed by atoms with van der Waals surface area (Å²) in [5.41, 5.74) is 0.991. The second-order valence-corrected chi connectivity index (χ2v) is 6.75. The summed E-state index contributed by atoms with van der Waals surface area (Å²) in [4.78, 5) is 25.0. The lowest BCUT2D eigenvalue weighted by Gasteiger charge is -2.21. The minimum absolute atomic E-state index is 0.0752. The summed E-state index contributed by atoms with van der Waals surface area (Å²) in [5, 5.41) is 2.65. The quantitative estimate of drug-likeness (QED) is 0.667. The summed E-state index contributed by atoms with van der Waals surface area (Å²) in [6.07, 6.45) is 0. The van der Waals surface area contributed by atoms with Gasteiger partial charge in [0, 0.05) is 11.0 Å². The van der Waals surface area contributed by atoms with E-state index in [2.05, 4.69) is 5.32 Å². The van der Waals surface area contributed by atoms with Crippen molar-refractivity contribution in [2.45, 2.75) is 17.1 Å². The normalized spacial score (nSPS) is 17.9. The van der Waals surface area contributed by atoms with Crippen molar-refractivity contribution < 1.29 is 23.8 Å². The number of carbonyl (C=O) groups excluding carboxylic acids is 2. The molecule has 1 atom stereocenters. The number of fused-ring (bicyclic) bond motifs is 2. The van der Waals surface area contributed by atoms with Gasteiger partial charge in [-0.05, 0) is 37.3 Å². The fraction of sp³-hybridized carbons (Fsp3) is 0.176. The molecule has 0 spiro atoms. The van der Waals surface area contributed by atoms with Crippen LogP contribution >= 0.6 is 11.8 Å². The molecule has 1 N–H and O–H groups in total. The summed E-state index contributed by atoms with van der Waals surface area (Å²) >= 11 is 1.46. The van der Waals surface area contributed by atoms with Crippen LogP contribution in [0.2, 0.25) is 0 Å².